The van der Waals surface area contributed by atoms with E-state index >= 15 is 0 Å². The van der Waals surface area contributed by atoms with E-state index in [9.17, 15) is 33.3 Å². The summed E-state index contributed by atoms with van der Waals surface area (Å²) in [7, 11) is 0. The number of aromatic amines is 1. The number of carbonyl (C=O) groups is 5. The number of fused-ring (bicyclic) bond motifs is 4. The monoisotopic (exact) mass is 2140 g/mol. The van der Waals surface area contributed by atoms with Gasteiger partial charge in [0.05, 0.1) is 106 Å². The molecule has 147 heavy (non-hydrogen) atoms. The number of rotatable bonds is 29. The molecule has 10 heterocycles. The quantitative estimate of drug-likeness (QED) is 0.00709. The average Bonchev–Trinajstić information content (AvgIpc) is 0.787. The van der Waals surface area contributed by atoms with Crippen molar-refractivity contribution in [2.45, 2.75) is 80.6 Å². The predicted molar refractivity (Wildman–Crippen MR) is 573 cm³/mol. The van der Waals surface area contributed by atoms with Crippen molar-refractivity contribution in [3.05, 3.63) is 329 Å². The topological polar surface area (TPSA) is 537 Å². The molecule has 17 rings (SSSR count). The molecule has 758 valence electrons. The van der Waals surface area contributed by atoms with Crippen LogP contribution in [-0.2, 0) is 4.57 Å². The van der Waals surface area contributed by atoms with E-state index in [1.165, 1.54) is 18.5 Å². The van der Waals surface area contributed by atoms with E-state index in [1.54, 1.807) is 160 Å². The summed E-state index contributed by atoms with van der Waals surface area (Å²) < 4.78 is 42.7. The number of hydrogen-bond donors (Lipinski definition) is 8. The summed E-state index contributed by atoms with van der Waals surface area (Å²) in [6.45, 7) is 17.7. The minimum Gasteiger partial charge on any atom is -0.870 e. The molecule has 13 N–H and O–H groups in total. The van der Waals surface area contributed by atoms with Crippen LogP contribution in [0, 0.1) is 0 Å². The van der Waals surface area contributed by atoms with Gasteiger partial charge in [0, 0.05) is 125 Å². The summed E-state index contributed by atoms with van der Waals surface area (Å²) >= 11 is 31.5. The minimum absolute atomic E-state index is 0. The van der Waals surface area contributed by atoms with E-state index in [-0.39, 0.29) is 58.7 Å². The van der Waals surface area contributed by atoms with Gasteiger partial charge in [-0.1, -0.05) is 70.0 Å². The zero-order chi connectivity index (χ0) is 105. The molecule has 0 radical (unpaired) electrons. The predicted octanol–water partition coefficient (Wildman–Crippen LogP) is 19.5. The van der Waals surface area contributed by atoms with Crippen LogP contribution in [0.5, 0.6) is 34.5 Å². The number of nitrogens with one attached hydrogen (secondary N) is 3. The number of aromatic nitrogens is 14. The fraction of sp³-hybridized carbons (Fsp3) is 0.183. The molecule has 0 saturated heterocycles. The first kappa shape index (κ1) is 119. The van der Waals surface area contributed by atoms with Gasteiger partial charge in [0.2, 0.25) is 0 Å². The first-order valence-corrected chi connectivity index (χ1v) is 50.6. The SMILES string of the molecule is CCCOc1ccc(N)c(C(N)=O)c1.CCCOc1ccc(NC(=O)c2cccnc2)c(C(N)=O)c1.CCCOc1ccc2nc(-c3cccnc3)[nH]c(=O)c2c1.CCCOc1ccc2nc(-c3cccnc3)nc(Cl)c2c1.CCCOc1ccc2nc(-c3cccnc3)nc(Nc3ccccc3C(N)=O)c2c1.CCO.CCOc1ccc2nc(-c3cccnc3)nc(Cl)c2c1.O=C(Cl)c1cccnc1.O=P(Cl)(Cl)Cl.[Na+].[OH-]. The Morgan fingerprint density at radius 1 is 0.395 bits per heavy atom. The number of nitrogen functional groups attached to an aromatic ring is 1. The summed E-state index contributed by atoms with van der Waals surface area (Å²) in [4.78, 5) is 127. The Bertz CT molecular complexity index is 7230. The molecule has 7 aromatic carbocycles. The van der Waals surface area contributed by atoms with Crippen LogP contribution in [0.15, 0.2) is 285 Å². The van der Waals surface area contributed by atoms with Crippen molar-refractivity contribution in [1.29, 1.82) is 0 Å². The molecule has 0 aliphatic rings. The molecule has 35 nitrogen and oxygen atoms in total. The minimum atomic E-state index is -3.22. The Balaban J connectivity index is 0.000000233. The maximum atomic E-state index is 12.2. The molecular weight excluding hydrogens is 2040 g/mol. The third-order valence-electron chi connectivity index (χ3n) is 19.0. The number of aliphatic hydroxyl groups is 1. The van der Waals surface area contributed by atoms with Crippen LogP contribution in [0.3, 0.4) is 0 Å². The number of amides is 4. The number of hydrogen-bond acceptors (Lipinski definition) is 30. The first-order chi connectivity index (χ1) is 70.0. The van der Waals surface area contributed by atoms with Gasteiger partial charge < -0.3 is 77.6 Å². The number of ether oxygens (including phenoxy) is 6. The van der Waals surface area contributed by atoms with E-state index in [0.29, 0.717) is 147 Å². The molecule has 17 aromatic rings. The Morgan fingerprint density at radius 2 is 0.741 bits per heavy atom. The van der Waals surface area contributed by atoms with E-state index in [2.05, 4.69) is 123 Å². The molecule has 4 amide bonds. The maximum absolute atomic E-state index is 12.2. The number of aliphatic hydroxyl groups excluding tert-OH is 1. The number of H-pyrrole nitrogens is 1. The first-order valence-electron chi connectivity index (χ1n) is 45.1. The van der Waals surface area contributed by atoms with Crippen LogP contribution in [0.4, 0.5) is 22.9 Å². The fourth-order valence-corrected chi connectivity index (χ4v) is 13.0. The van der Waals surface area contributed by atoms with E-state index in [1.807, 2.05) is 137 Å². The summed E-state index contributed by atoms with van der Waals surface area (Å²) in [5, 5.41) is 13.5. The van der Waals surface area contributed by atoms with E-state index < -0.39 is 28.2 Å². The summed E-state index contributed by atoms with van der Waals surface area (Å²) in [5.41, 5.74) is 30.6. The number of pyridine rings is 6. The van der Waals surface area contributed by atoms with Crippen LogP contribution in [0.1, 0.15) is 132 Å². The maximum Gasteiger partial charge on any atom is 1.00 e. The normalized spacial score (nSPS) is 10.2. The third-order valence-corrected chi connectivity index (χ3v) is 19.8. The standard InChI is InChI=1S/C23H21N5O2.C16H14ClN3O.C16H17N3O3.C16H15N3O2.C15H12ClN3O.C10H14N2O2.C6H4ClNO.C2H6O.Cl3OP.Na.H2O/c1-2-12-30-16-9-10-20-18(13-16)23(27-19-8-4-3-7-17(19)21(24)29)28-22(26-20)15-6-5-11-25-14-15;1-2-8-21-12-5-6-14-13(9-12)15(17)20-16(19-14)11-4-3-7-18-10-11;1-2-8-22-12-5-6-14(13(9-12)15(17)20)19-16(21)11-4-3-7-18-10-11;1-2-8-21-12-5-6-14-13(9-12)16(20)19-15(18-14)11-4-3-7-17-10-11;1-2-20-11-5-6-13-12(8-11)14(16)19-15(18-13)10-4-3-7-17-9-10;1-2-5-14-7-3-4-9(11)8(6-7)10(12)13;7-6(9)5-2-1-3-8-4-5;1-2-3;1-5(2,3)4;;/h3-11,13-14H,2,12H2,1H3,(H2,24,29)(H,26,27,28);3-7,9-10H,2,8H2,1H3;3-7,9-10H,2,8H2,1H3,(H2,17,20)(H,19,21);3-7,9-10H,2,8H2,1H3,(H,18,19,20);3-9H,2H2,1H3;3-4,6H,2,5,11H2,1H3,(H2,12,13);1-4H;3H,2H2,1H3;;;1H2/q;;;;;;;;;+1;/p-1. The number of para-hydroxylation sites is 1. The molecule has 0 aliphatic carbocycles. The molecule has 0 fully saturated rings. The molecule has 0 spiro atoms. The second kappa shape index (κ2) is 63.0. The van der Waals surface area contributed by atoms with Crippen molar-refractivity contribution in [2.75, 3.05) is 62.6 Å². The number of benzene rings is 7. The number of nitrogens with zero attached hydrogens (tertiary/aromatic N) is 13. The summed E-state index contributed by atoms with van der Waals surface area (Å²) in [5.74, 6) is 4.80. The van der Waals surface area contributed by atoms with Gasteiger partial charge in [0.25, 0.3) is 34.4 Å². The molecule has 0 atom stereocenters. The van der Waals surface area contributed by atoms with Crippen molar-refractivity contribution in [3.63, 3.8) is 0 Å². The zero-order valence-corrected chi connectivity index (χ0v) is 88.5. The zero-order valence-electron chi connectivity index (χ0n) is 81.1. The van der Waals surface area contributed by atoms with Gasteiger partial charge in [-0.2, -0.15) is 0 Å². The van der Waals surface area contributed by atoms with Gasteiger partial charge in [-0.05, 0) is 285 Å². The van der Waals surface area contributed by atoms with Crippen molar-refractivity contribution in [1.82, 2.24) is 69.8 Å². The number of primary amides is 3. The summed E-state index contributed by atoms with van der Waals surface area (Å²) in [6.07, 6.45) is 24.2. The van der Waals surface area contributed by atoms with Gasteiger partial charge in [-0.25, -0.2) is 34.9 Å². The van der Waals surface area contributed by atoms with Gasteiger partial charge >= 0.3 is 34.8 Å². The largest absolute Gasteiger partial charge is 1.00 e. The van der Waals surface area contributed by atoms with Gasteiger partial charge in [-0.3, -0.25) is 63.2 Å². The molecule has 0 saturated carbocycles. The summed E-state index contributed by atoms with van der Waals surface area (Å²) in [6, 6.07) is 60.5. The van der Waals surface area contributed by atoms with Crippen molar-refractivity contribution >= 4 is 169 Å². The Labute approximate surface area is 898 Å². The van der Waals surface area contributed by atoms with Gasteiger partial charge in [0.15, 0.2) is 17.5 Å². The number of carbonyl (C=O) groups excluding carboxylic acids is 5. The van der Waals surface area contributed by atoms with Crippen molar-refractivity contribution < 1.29 is 97.1 Å². The molecule has 0 bridgehead atoms. The second-order valence-corrected chi connectivity index (χ2v) is 37.7. The number of nitrogens with two attached hydrogens (primary N) is 4. The van der Waals surface area contributed by atoms with Crippen LogP contribution < -0.4 is 97.1 Å². The Morgan fingerprint density at radius 3 is 1.13 bits per heavy atom. The second-order valence-electron chi connectivity index (χ2n) is 30.0. The van der Waals surface area contributed by atoms with Crippen LogP contribution in [-0.4, -0.2) is 155 Å². The molecular formula is C104H104Cl6N20NaO15P. The molecule has 10 aromatic heterocycles. The fourth-order valence-electron chi connectivity index (χ4n) is 12.5. The van der Waals surface area contributed by atoms with E-state index in [0.717, 1.165) is 104 Å². The van der Waals surface area contributed by atoms with Crippen molar-refractivity contribution in [2.24, 2.45) is 17.2 Å². The number of halogens is 6. The van der Waals surface area contributed by atoms with Gasteiger partial charge in [-0.15, -0.1) is 0 Å². The average molecular weight is 2140 g/mol. The van der Waals surface area contributed by atoms with Crippen LogP contribution in [0.2, 0.25) is 10.3 Å². The molecule has 0 aliphatic heterocycles. The van der Waals surface area contributed by atoms with Crippen molar-refractivity contribution in [3.8, 4) is 80.0 Å². The van der Waals surface area contributed by atoms with Gasteiger partial charge in [0.1, 0.15) is 56.4 Å². The van der Waals surface area contributed by atoms with Crippen LogP contribution >= 0.6 is 73.7 Å². The van der Waals surface area contributed by atoms with Crippen LogP contribution in [0.25, 0.3) is 89.2 Å². The van der Waals surface area contributed by atoms with E-state index in [4.69, 9.17) is 96.2 Å². The molecule has 43 heteroatoms. The third kappa shape index (κ3) is 39.1. The molecule has 0 unspecified atom stereocenters. The number of anilines is 4. The Kier molecular flexibility index (Phi) is 51.1. The Hall–Kier alpha value is -14.6. The smallest absolute Gasteiger partial charge is 0.870 e.